The van der Waals surface area contributed by atoms with Gasteiger partial charge in [0.2, 0.25) is 0 Å². The van der Waals surface area contributed by atoms with Gasteiger partial charge in [0.25, 0.3) is 0 Å². The van der Waals surface area contributed by atoms with Gasteiger partial charge in [-0.3, -0.25) is 4.79 Å². The van der Waals surface area contributed by atoms with E-state index in [0.29, 0.717) is 51.3 Å². The Morgan fingerprint density at radius 2 is 1.76 bits per heavy atom. The van der Waals surface area contributed by atoms with E-state index in [0.717, 1.165) is 43.6 Å². The van der Waals surface area contributed by atoms with Crippen molar-refractivity contribution >= 4 is 23.8 Å². The lowest BCUT2D eigenvalue weighted by molar-refractivity contribution is -0.151. The van der Waals surface area contributed by atoms with E-state index in [9.17, 15) is 19.1 Å². The lowest BCUT2D eigenvalue weighted by Gasteiger charge is -2.55. The van der Waals surface area contributed by atoms with Crippen molar-refractivity contribution in [1.29, 1.82) is 0 Å². The van der Waals surface area contributed by atoms with Gasteiger partial charge in [0.15, 0.2) is 0 Å². The van der Waals surface area contributed by atoms with Crippen LogP contribution in [0.25, 0.3) is 6.08 Å². The summed E-state index contributed by atoms with van der Waals surface area (Å²) in [5.74, 6) is -1.15. The number of hydrogen-bond acceptors (Lipinski definition) is 8. The molecule has 1 N–H and O–H groups in total. The van der Waals surface area contributed by atoms with Crippen LogP contribution in [0.4, 0.5) is 14.9 Å². The minimum Gasteiger partial charge on any atom is -0.457 e. The molecule has 1 spiro atoms. The quantitative estimate of drug-likeness (QED) is 0.368. The van der Waals surface area contributed by atoms with E-state index < -0.39 is 24.3 Å². The van der Waals surface area contributed by atoms with Gasteiger partial charge < -0.3 is 34.0 Å². The van der Waals surface area contributed by atoms with Crippen molar-refractivity contribution in [3.8, 4) is 0 Å². The second-order valence-electron chi connectivity index (χ2n) is 13.6. The average molecular weight is 628 g/mol. The summed E-state index contributed by atoms with van der Waals surface area (Å²) in [6.45, 7) is 11.1. The Bertz CT molecular complexity index is 1260. The minimum atomic E-state index is -0.864. The van der Waals surface area contributed by atoms with Crippen LogP contribution in [-0.4, -0.2) is 104 Å². The van der Waals surface area contributed by atoms with Crippen LogP contribution in [0.3, 0.4) is 0 Å². The number of benzene rings is 1. The Kier molecular flexibility index (Phi) is 10.9. The highest BCUT2D eigenvalue weighted by atomic mass is 19.1. The molecule has 5 atom stereocenters. The predicted octanol–water partition coefficient (Wildman–Crippen LogP) is 5.03. The number of cyclic esters (lactones) is 1. The first-order valence-corrected chi connectivity index (χ1v) is 16.6. The van der Waals surface area contributed by atoms with Crippen molar-refractivity contribution in [2.24, 2.45) is 11.8 Å². The molecule has 0 aliphatic carbocycles. The van der Waals surface area contributed by atoms with Crippen LogP contribution in [-0.2, 0) is 19.0 Å². The van der Waals surface area contributed by atoms with Gasteiger partial charge >= 0.3 is 12.1 Å². The fraction of sp³-hybridized carbons (Fsp3) is 0.657. The third kappa shape index (κ3) is 8.26. The third-order valence-electron chi connectivity index (χ3n) is 10.1. The molecule has 4 aliphatic heterocycles. The summed E-state index contributed by atoms with van der Waals surface area (Å²) < 4.78 is 32.3. The second-order valence-corrected chi connectivity index (χ2v) is 13.6. The van der Waals surface area contributed by atoms with E-state index in [1.165, 1.54) is 12.1 Å². The molecule has 5 rings (SSSR count). The van der Waals surface area contributed by atoms with Crippen LogP contribution in [0.1, 0.15) is 64.9 Å². The van der Waals surface area contributed by atoms with Crippen LogP contribution >= 0.6 is 0 Å². The van der Waals surface area contributed by atoms with Gasteiger partial charge in [-0.1, -0.05) is 26.0 Å². The molecule has 9 nitrogen and oxygen atoms in total. The van der Waals surface area contributed by atoms with Crippen molar-refractivity contribution < 1.29 is 33.3 Å². The molecular weight excluding hydrogens is 577 g/mol. The van der Waals surface area contributed by atoms with E-state index >= 15 is 0 Å². The van der Waals surface area contributed by atoms with Gasteiger partial charge in [-0.05, 0) is 87.4 Å². The van der Waals surface area contributed by atoms with Crippen molar-refractivity contribution in [1.82, 2.24) is 9.80 Å². The number of halogens is 1. The van der Waals surface area contributed by atoms with Crippen molar-refractivity contribution in [2.75, 3.05) is 57.9 Å². The zero-order chi connectivity index (χ0) is 32.1. The lowest BCUT2D eigenvalue weighted by Crippen LogP contribution is -2.65. The first-order valence-electron chi connectivity index (χ1n) is 16.6. The number of likely N-dealkylation sites (tertiary alicyclic amines) is 2. The number of hydrogen-bond donors (Lipinski definition) is 1. The molecule has 0 saturated carbocycles. The zero-order valence-electron chi connectivity index (χ0n) is 27.3. The monoisotopic (exact) mass is 627 g/mol. The van der Waals surface area contributed by atoms with Crippen molar-refractivity contribution in [3.05, 3.63) is 47.3 Å². The number of carbonyl (C=O) groups is 2. The van der Waals surface area contributed by atoms with E-state index in [1.54, 1.807) is 0 Å². The topological polar surface area (TPSA) is 91.8 Å². The summed E-state index contributed by atoms with van der Waals surface area (Å²) in [6, 6.07) is 4.93. The number of carbonyl (C=O) groups excluding carboxylic acids is 2. The molecule has 0 radical (unpaired) electrons. The largest absolute Gasteiger partial charge is 0.457 e. The van der Waals surface area contributed by atoms with E-state index in [1.807, 2.05) is 50.0 Å². The molecule has 1 amide bonds. The number of aliphatic hydroxyl groups is 1. The number of piperidine rings is 1. The molecule has 3 fully saturated rings. The summed E-state index contributed by atoms with van der Waals surface area (Å²) in [6.07, 6.45) is 7.20. The molecule has 4 heterocycles. The number of anilines is 1. The Labute approximate surface area is 267 Å². The molecule has 45 heavy (non-hydrogen) atoms. The molecule has 10 heteroatoms. The Morgan fingerprint density at radius 1 is 1.04 bits per heavy atom. The summed E-state index contributed by atoms with van der Waals surface area (Å²) in [4.78, 5) is 32.7. The number of amides is 1. The number of esters is 1. The van der Waals surface area contributed by atoms with Gasteiger partial charge in [-0.15, -0.1) is 0 Å². The highest BCUT2D eigenvalue weighted by Gasteiger charge is 2.49. The number of aliphatic hydroxyl groups excluding tert-OH is 1. The molecule has 4 aliphatic rings. The molecule has 0 bridgehead atoms. The van der Waals surface area contributed by atoms with Crippen molar-refractivity contribution in [3.63, 3.8) is 0 Å². The first-order chi connectivity index (χ1) is 21.5. The maximum atomic E-state index is 14.7. The SMILES string of the molecule is C/C(=C\c1cc(F)cc(N2CCOCC2)c1)C1OC(=O)CC(O)CCC(C)C(OC(=O)N2CCC23CCN(C)CC3)C=CC1C. The normalized spacial score (nSPS) is 30.2. The van der Waals surface area contributed by atoms with Gasteiger partial charge in [-0.25, -0.2) is 9.18 Å². The first kappa shape index (κ1) is 33.4. The number of morpholine rings is 1. The van der Waals surface area contributed by atoms with Crippen LogP contribution < -0.4 is 4.90 Å². The highest BCUT2D eigenvalue weighted by Crippen LogP contribution is 2.40. The molecule has 248 valence electrons. The summed E-state index contributed by atoms with van der Waals surface area (Å²) in [5, 5.41) is 10.7. The Morgan fingerprint density at radius 3 is 2.44 bits per heavy atom. The zero-order valence-corrected chi connectivity index (χ0v) is 27.3. The van der Waals surface area contributed by atoms with Crippen LogP contribution in [0, 0.1) is 17.7 Å². The maximum Gasteiger partial charge on any atom is 0.410 e. The second kappa shape index (κ2) is 14.6. The smallest absolute Gasteiger partial charge is 0.410 e. The Hall–Kier alpha value is -2.95. The summed E-state index contributed by atoms with van der Waals surface area (Å²) in [7, 11) is 2.11. The van der Waals surface area contributed by atoms with Gasteiger partial charge in [0.05, 0.1) is 31.3 Å². The maximum absolute atomic E-state index is 14.7. The standard InChI is InChI=1S/C35H50FN3O6/c1-24-5-7-30(40)23-32(41)45-33(26(3)19-27-20-28(36)22-29(21-27)38-15-17-43-18-16-38)25(2)6-8-31(24)44-34(42)39-14-11-35(39)9-12-37(4)13-10-35/h6,8,19-22,24-25,30-31,33,40H,5,7,9-18,23H2,1-4H3/b8-6?,26-19+. The van der Waals surface area contributed by atoms with E-state index in [2.05, 4.69) is 16.8 Å². The third-order valence-corrected chi connectivity index (χ3v) is 10.1. The minimum absolute atomic E-state index is 0.0572. The molecule has 1 aromatic carbocycles. The summed E-state index contributed by atoms with van der Waals surface area (Å²) >= 11 is 0. The molecule has 1 aromatic rings. The van der Waals surface area contributed by atoms with Crippen LogP contribution in [0.2, 0.25) is 0 Å². The van der Waals surface area contributed by atoms with Gasteiger partial charge in [-0.2, -0.15) is 0 Å². The van der Waals surface area contributed by atoms with Crippen LogP contribution in [0.5, 0.6) is 0 Å². The Balaban J connectivity index is 1.35. The summed E-state index contributed by atoms with van der Waals surface area (Å²) in [5.41, 5.74) is 2.10. The van der Waals surface area contributed by atoms with E-state index in [-0.39, 0.29) is 35.7 Å². The number of ether oxygens (including phenoxy) is 3. The molecular formula is C35H50FN3O6. The van der Waals surface area contributed by atoms with Gasteiger partial charge in [0, 0.05) is 44.3 Å². The number of nitrogens with zero attached hydrogens (tertiary/aromatic N) is 3. The van der Waals surface area contributed by atoms with Crippen LogP contribution in [0.15, 0.2) is 35.9 Å². The predicted molar refractivity (Wildman–Crippen MR) is 171 cm³/mol. The highest BCUT2D eigenvalue weighted by molar-refractivity contribution is 5.71. The molecule has 3 saturated heterocycles. The van der Waals surface area contributed by atoms with Gasteiger partial charge in [0.1, 0.15) is 18.0 Å². The average Bonchev–Trinajstić information content (AvgIpc) is 3.00. The fourth-order valence-corrected chi connectivity index (χ4v) is 7.04. The molecule has 5 unspecified atom stereocenters. The lowest BCUT2D eigenvalue weighted by atomic mass is 9.77. The number of rotatable bonds is 4. The van der Waals surface area contributed by atoms with E-state index in [4.69, 9.17) is 14.2 Å². The molecule has 0 aromatic heterocycles. The van der Waals surface area contributed by atoms with Crippen molar-refractivity contribution in [2.45, 2.75) is 83.1 Å². The fourth-order valence-electron chi connectivity index (χ4n) is 7.04.